The quantitative estimate of drug-likeness (QED) is 0.488. The molecule has 3 aromatic rings. The molecule has 152 valence electrons. The second kappa shape index (κ2) is 7.93. The Morgan fingerprint density at radius 2 is 1.89 bits per heavy atom. The summed E-state index contributed by atoms with van der Waals surface area (Å²) in [5.74, 6) is 0.956. The van der Waals surface area contributed by atoms with Gasteiger partial charge in [0.25, 0.3) is 0 Å². The lowest BCUT2D eigenvalue weighted by Gasteiger charge is -2.24. The van der Waals surface area contributed by atoms with Crippen molar-refractivity contribution >= 4 is 32.7 Å². The number of pyridine rings is 2. The van der Waals surface area contributed by atoms with E-state index in [1.165, 1.54) is 12.3 Å². The molecule has 0 aliphatic rings. The van der Waals surface area contributed by atoms with Gasteiger partial charge in [0.1, 0.15) is 18.1 Å². The van der Waals surface area contributed by atoms with Gasteiger partial charge in [-0.05, 0) is 43.0 Å². The number of nitrogens with zero attached hydrogens (tertiary/aromatic N) is 3. The summed E-state index contributed by atoms with van der Waals surface area (Å²) in [4.78, 5) is 7.94. The summed E-state index contributed by atoms with van der Waals surface area (Å²) < 4.78 is 46.1. The van der Waals surface area contributed by atoms with Crippen molar-refractivity contribution in [2.75, 3.05) is 31.1 Å². The first-order valence-corrected chi connectivity index (χ1v) is 11.9. The van der Waals surface area contributed by atoms with Crippen LogP contribution in [0.15, 0.2) is 36.7 Å². The highest BCUT2D eigenvalue weighted by Gasteiger charge is 2.32. The van der Waals surface area contributed by atoms with Crippen molar-refractivity contribution in [3.63, 3.8) is 0 Å². The van der Waals surface area contributed by atoms with Crippen molar-refractivity contribution in [2.45, 2.75) is 12.9 Å². The summed E-state index contributed by atoms with van der Waals surface area (Å²) >= 11 is 6.28. The minimum Gasteiger partial charge on any atom is -0.360 e. The molecule has 4 nitrogen and oxygen atoms in total. The Hall–Kier alpha value is -1.77. The molecule has 9 heteroatoms. The molecular formula is C19H21ClF3N3OS. The van der Waals surface area contributed by atoms with Crippen molar-refractivity contribution in [1.29, 1.82) is 0 Å². The molecule has 0 N–H and O–H groups in total. The number of alkyl halides is 3. The fraction of sp³-hybridized carbons (Fsp3) is 0.368. The van der Waals surface area contributed by atoms with Gasteiger partial charge in [0.05, 0.1) is 17.3 Å². The van der Waals surface area contributed by atoms with Crippen LogP contribution >= 0.6 is 21.6 Å². The molecular weight excluding hydrogens is 411 g/mol. The van der Waals surface area contributed by atoms with Gasteiger partial charge in [0, 0.05) is 29.1 Å². The van der Waals surface area contributed by atoms with Gasteiger partial charge in [0.15, 0.2) is 0 Å². The Labute approximate surface area is 168 Å². The summed E-state index contributed by atoms with van der Waals surface area (Å²) in [7, 11) is -0.683. The van der Waals surface area contributed by atoms with Crippen LogP contribution in [0.5, 0.6) is 0 Å². The molecule has 0 atom stereocenters. The number of aromatic nitrogens is 3. The van der Waals surface area contributed by atoms with E-state index in [1.807, 2.05) is 4.57 Å². The van der Waals surface area contributed by atoms with Crippen molar-refractivity contribution in [3.05, 3.63) is 47.4 Å². The van der Waals surface area contributed by atoms with Gasteiger partial charge >= 0.3 is 6.18 Å². The molecule has 0 unspecified atom stereocenters. The fourth-order valence-corrected chi connectivity index (χ4v) is 3.48. The van der Waals surface area contributed by atoms with Crippen molar-refractivity contribution in [2.24, 2.45) is 0 Å². The summed E-state index contributed by atoms with van der Waals surface area (Å²) in [5.41, 5.74) is 0.872. The predicted molar refractivity (Wildman–Crippen MR) is 109 cm³/mol. The highest BCUT2D eigenvalue weighted by Crippen LogP contribution is 2.35. The molecule has 3 rings (SSSR count). The summed E-state index contributed by atoms with van der Waals surface area (Å²) in [6, 6.07) is 5.84. The zero-order valence-corrected chi connectivity index (χ0v) is 17.3. The summed E-state index contributed by atoms with van der Waals surface area (Å²) in [5, 5.41) is 1.23. The lowest BCUT2D eigenvalue weighted by Crippen LogP contribution is -2.11. The smallest absolute Gasteiger partial charge is 0.360 e. The van der Waals surface area contributed by atoms with Crippen LogP contribution in [0.4, 0.5) is 13.2 Å². The first-order chi connectivity index (χ1) is 13.1. The van der Waals surface area contributed by atoms with Crippen molar-refractivity contribution in [3.8, 4) is 11.3 Å². The molecule has 0 saturated heterocycles. The van der Waals surface area contributed by atoms with E-state index in [1.54, 1.807) is 18.3 Å². The maximum absolute atomic E-state index is 12.8. The molecule has 0 fully saturated rings. The Morgan fingerprint density at radius 1 is 1.14 bits per heavy atom. The minimum absolute atomic E-state index is 0.225. The number of halogens is 4. The minimum atomic E-state index is -4.48. The van der Waals surface area contributed by atoms with Gasteiger partial charge in [-0.2, -0.15) is 13.2 Å². The van der Waals surface area contributed by atoms with Crippen LogP contribution in [-0.2, 0) is 17.6 Å². The van der Waals surface area contributed by atoms with Crippen LogP contribution in [0.1, 0.15) is 5.69 Å². The molecule has 3 heterocycles. The highest BCUT2D eigenvalue weighted by atomic mass is 35.5. The van der Waals surface area contributed by atoms with E-state index in [4.69, 9.17) is 16.3 Å². The Kier molecular flexibility index (Phi) is 5.93. The number of hydrogen-bond donors (Lipinski definition) is 0. The van der Waals surface area contributed by atoms with Crippen molar-refractivity contribution in [1.82, 2.24) is 14.5 Å². The van der Waals surface area contributed by atoms with E-state index in [9.17, 15) is 13.2 Å². The maximum atomic E-state index is 12.8. The van der Waals surface area contributed by atoms with Gasteiger partial charge in [-0.3, -0.25) is 4.98 Å². The second-order valence-corrected chi connectivity index (χ2v) is 12.2. The third-order valence-corrected chi connectivity index (χ3v) is 5.87. The van der Waals surface area contributed by atoms with Gasteiger partial charge in [-0.1, -0.05) is 11.6 Å². The monoisotopic (exact) mass is 431 g/mol. The number of fused-ring (bicyclic) bond motifs is 1. The molecule has 0 aliphatic carbocycles. The normalized spacial score (nSPS) is 13.2. The average Bonchev–Trinajstić information content (AvgIpc) is 2.97. The van der Waals surface area contributed by atoms with Gasteiger partial charge in [-0.15, -0.1) is 0 Å². The Balaban J connectivity index is 1.96. The number of ether oxygens (including phenoxy) is 1. The molecule has 0 aliphatic heterocycles. The zero-order valence-electron chi connectivity index (χ0n) is 15.8. The molecule has 0 bridgehead atoms. The van der Waals surface area contributed by atoms with Crippen LogP contribution in [0.3, 0.4) is 0 Å². The predicted octanol–water partition coefficient (Wildman–Crippen LogP) is 5.44. The van der Waals surface area contributed by atoms with E-state index in [0.29, 0.717) is 33.9 Å². The van der Waals surface area contributed by atoms with Crippen LogP contribution in [0, 0.1) is 0 Å². The van der Waals surface area contributed by atoms with Crippen LogP contribution in [-0.4, -0.2) is 45.7 Å². The topological polar surface area (TPSA) is 39.9 Å². The Morgan fingerprint density at radius 3 is 2.50 bits per heavy atom. The van der Waals surface area contributed by atoms with Gasteiger partial charge in [0.2, 0.25) is 0 Å². The molecule has 0 saturated carbocycles. The second-order valence-electron chi connectivity index (χ2n) is 7.25. The van der Waals surface area contributed by atoms with Crippen molar-refractivity contribution < 1.29 is 17.9 Å². The zero-order chi connectivity index (χ0) is 20.5. The Bertz CT molecular complexity index is 965. The van der Waals surface area contributed by atoms with Gasteiger partial charge in [-0.25, -0.2) is 15.0 Å². The van der Waals surface area contributed by atoms with E-state index in [0.717, 1.165) is 11.8 Å². The summed E-state index contributed by atoms with van der Waals surface area (Å²) in [6.45, 7) is 0.812. The lowest BCUT2D eigenvalue weighted by molar-refractivity contribution is -0.141. The maximum Gasteiger partial charge on any atom is 0.433 e. The first-order valence-electron chi connectivity index (χ1n) is 8.47. The number of rotatable bonds is 6. The summed E-state index contributed by atoms with van der Waals surface area (Å²) in [6.07, 6.45) is 4.96. The van der Waals surface area contributed by atoms with E-state index in [-0.39, 0.29) is 6.73 Å². The molecule has 28 heavy (non-hydrogen) atoms. The number of hydrogen-bond acceptors (Lipinski definition) is 3. The fourth-order valence-electron chi connectivity index (χ4n) is 2.66. The van der Waals surface area contributed by atoms with E-state index in [2.05, 4.69) is 28.7 Å². The molecule has 0 amide bonds. The average molecular weight is 432 g/mol. The van der Waals surface area contributed by atoms with E-state index < -0.39 is 21.9 Å². The first kappa shape index (κ1) is 21.0. The third-order valence-electron chi connectivity index (χ3n) is 4.15. The van der Waals surface area contributed by atoms with Crippen LogP contribution < -0.4 is 0 Å². The molecule has 0 aromatic carbocycles. The van der Waals surface area contributed by atoms with Crippen LogP contribution in [0.2, 0.25) is 5.02 Å². The lowest BCUT2D eigenvalue weighted by atomic mass is 10.2. The SMILES string of the molecule is CS(C)(C)CCOCn1c(-c2ccc(C(F)(F)F)nc2)cc2c(Cl)ccnc21. The molecule has 0 radical (unpaired) electrons. The van der Waals surface area contributed by atoms with Gasteiger partial charge < -0.3 is 9.30 Å². The standard InChI is InChI=1S/C19H21ClF3N3OS/c1-28(2,3)9-8-27-12-26-16(10-14-15(20)6-7-24-18(14)26)13-4-5-17(25-11-13)19(21,22)23/h4-7,10-11H,8-9,12H2,1-3H3. The largest absolute Gasteiger partial charge is 0.433 e. The third kappa shape index (κ3) is 4.79. The van der Waals surface area contributed by atoms with E-state index >= 15 is 0 Å². The molecule has 0 spiro atoms. The molecule has 3 aromatic heterocycles. The van der Waals surface area contributed by atoms with Crippen LogP contribution in [0.25, 0.3) is 22.3 Å². The highest BCUT2D eigenvalue weighted by molar-refractivity contribution is 8.32.